The molecule has 0 unspecified atom stereocenters. The van der Waals surface area contributed by atoms with Gasteiger partial charge in [-0.05, 0) is 17.7 Å². The predicted octanol–water partition coefficient (Wildman–Crippen LogP) is 2.03. The number of rotatable bonds is 6. The van der Waals surface area contributed by atoms with E-state index >= 15 is 0 Å². The van der Waals surface area contributed by atoms with Crippen LogP contribution in [0.1, 0.15) is 19.4 Å². The van der Waals surface area contributed by atoms with E-state index in [-0.39, 0.29) is 10.9 Å². The molecular weight excluding hydrogens is 293 g/mol. The van der Waals surface area contributed by atoms with Crippen molar-refractivity contribution >= 4 is 10.0 Å². The zero-order chi connectivity index (χ0) is 15.4. The van der Waals surface area contributed by atoms with Crippen molar-refractivity contribution in [3.8, 4) is 0 Å². The van der Waals surface area contributed by atoms with E-state index in [1.54, 1.807) is 6.07 Å². The van der Waals surface area contributed by atoms with Gasteiger partial charge in [0.25, 0.3) is 0 Å². The Bertz CT molecular complexity index is 542. The van der Waals surface area contributed by atoms with E-state index in [1.807, 2.05) is 13.8 Å². The number of hydrogen-bond acceptors (Lipinski definition) is 3. The number of sulfonamides is 1. The third kappa shape index (κ3) is 5.89. The first-order chi connectivity index (χ1) is 9.10. The average Bonchev–Trinajstić information content (AvgIpc) is 2.34. The van der Waals surface area contributed by atoms with Gasteiger partial charge in [-0.2, -0.15) is 13.2 Å². The highest BCUT2D eigenvalue weighted by Crippen LogP contribution is 2.16. The molecule has 0 aliphatic heterocycles. The lowest BCUT2D eigenvalue weighted by atomic mass is 10.2. The third-order valence-electron chi connectivity index (χ3n) is 2.39. The molecule has 114 valence electrons. The maximum Gasteiger partial charge on any atom is 0.402 e. The quantitative estimate of drug-likeness (QED) is 0.845. The molecule has 20 heavy (non-hydrogen) atoms. The van der Waals surface area contributed by atoms with Gasteiger partial charge in [-0.25, -0.2) is 13.1 Å². The number of halogens is 3. The van der Waals surface area contributed by atoms with Crippen LogP contribution in [0.4, 0.5) is 13.2 Å². The van der Waals surface area contributed by atoms with E-state index in [4.69, 9.17) is 0 Å². The first-order valence-corrected chi connectivity index (χ1v) is 7.47. The Morgan fingerprint density at radius 3 is 2.45 bits per heavy atom. The molecule has 1 rings (SSSR count). The van der Waals surface area contributed by atoms with Gasteiger partial charge in [0.05, 0.1) is 4.90 Å². The summed E-state index contributed by atoms with van der Waals surface area (Å²) in [6.45, 7) is 2.74. The lowest BCUT2D eigenvalue weighted by molar-refractivity contribution is -0.121. The maximum absolute atomic E-state index is 12.1. The minimum atomic E-state index is -4.58. The highest BCUT2D eigenvalue weighted by molar-refractivity contribution is 7.89. The van der Waals surface area contributed by atoms with Crippen LogP contribution in [0.5, 0.6) is 0 Å². The van der Waals surface area contributed by atoms with E-state index in [0.717, 1.165) is 0 Å². The summed E-state index contributed by atoms with van der Waals surface area (Å²) >= 11 is 0. The normalized spacial score (nSPS) is 12.9. The number of benzene rings is 1. The van der Waals surface area contributed by atoms with Crippen LogP contribution in [0.25, 0.3) is 0 Å². The van der Waals surface area contributed by atoms with Gasteiger partial charge >= 0.3 is 6.18 Å². The number of alkyl halides is 3. The number of hydrogen-bond donors (Lipinski definition) is 2. The van der Waals surface area contributed by atoms with Crippen molar-refractivity contribution in [1.29, 1.82) is 0 Å². The molecule has 0 saturated heterocycles. The topological polar surface area (TPSA) is 58.2 Å². The summed E-state index contributed by atoms with van der Waals surface area (Å²) in [5.74, 6) is 0. The first kappa shape index (κ1) is 16.9. The monoisotopic (exact) mass is 310 g/mol. The maximum atomic E-state index is 12.1. The van der Waals surface area contributed by atoms with Crippen LogP contribution in [-0.2, 0) is 16.6 Å². The van der Waals surface area contributed by atoms with E-state index in [1.165, 1.54) is 22.9 Å². The fourth-order valence-electron chi connectivity index (χ4n) is 1.40. The smallest absolute Gasteiger partial charge is 0.310 e. The van der Waals surface area contributed by atoms with Crippen molar-refractivity contribution < 1.29 is 21.6 Å². The van der Waals surface area contributed by atoms with Crippen molar-refractivity contribution in [2.24, 2.45) is 0 Å². The zero-order valence-corrected chi connectivity index (χ0v) is 12.0. The van der Waals surface area contributed by atoms with Crippen molar-refractivity contribution in [3.05, 3.63) is 29.8 Å². The molecule has 2 N–H and O–H groups in total. The molecule has 0 bridgehead atoms. The lowest BCUT2D eigenvalue weighted by Crippen LogP contribution is -2.33. The molecule has 0 spiro atoms. The van der Waals surface area contributed by atoms with Gasteiger partial charge in [0.1, 0.15) is 6.54 Å². The molecular formula is C12H17F3N2O2S. The minimum absolute atomic E-state index is 0.176. The second-order valence-corrected chi connectivity index (χ2v) is 6.39. The van der Waals surface area contributed by atoms with Crippen molar-refractivity contribution in [2.75, 3.05) is 6.54 Å². The predicted molar refractivity (Wildman–Crippen MR) is 69.7 cm³/mol. The van der Waals surface area contributed by atoms with Gasteiger partial charge in [0, 0.05) is 12.6 Å². The summed E-state index contributed by atoms with van der Waals surface area (Å²) in [7, 11) is -4.15. The van der Waals surface area contributed by atoms with Gasteiger partial charge in [0.2, 0.25) is 10.0 Å². The Labute approximate surface area is 116 Å². The Balaban J connectivity index is 2.82. The largest absolute Gasteiger partial charge is 0.402 e. The van der Waals surface area contributed by atoms with E-state index in [9.17, 15) is 21.6 Å². The zero-order valence-electron chi connectivity index (χ0n) is 11.2. The summed E-state index contributed by atoms with van der Waals surface area (Å²) in [6.07, 6.45) is -4.58. The van der Waals surface area contributed by atoms with Crippen LogP contribution >= 0.6 is 0 Å². The van der Waals surface area contributed by atoms with Crippen molar-refractivity contribution in [1.82, 2.24) is 10.0 Å². The molecule has 0 heterocycles. The highest BCUT2D eigenvalue weighted by atomic mass is 32.2. The molecule has 0 aromatic heterocycles. The standard InChI is InChI=1S/C12H17F3N2O2S/c1-9(2)16-7-10-4-3-5-11(6-10)20(18,19)17-8-12(13,14)15/h3-6,9,16-17H,7-8H2,1-2H3. The lowest BCUT2D eigenvalue weighted by Gasteiger charge is -2.11. The van der Waals surface area contributed by atoms with Gasteiger partial charge in [0.15, 0.2) is 0 Å². The second-order valence-electron chi connectivity index (χ2n) is 4.62. The summed E-state index contributed by atoms with van der Waals surface area (Å²) in [5.41, 5.74) is 0.689. The summed E-state index contributed by atoms with van der Waals surface area (Å²) in [4.78, 5) is -0.176. The van der Waals surface area contributed by atoms with Crippen molar-refractivity contribution in [2.45, 2.75) is 37.5 Å². The average molecular weight is 310 g/mol. The van der Waals surface area contributed by atoms with Crippen LogP contribution in [0.15, 0.2) is 29.2 Å². The minimum Gasteiger partial charge on any atom is -0.310 e. The highest BCUT2D eigenvalue weighted by Gasteiger charge is 2.30. The van der Waals surface area contributed by atoms with Gasteiger partial charge in [-0.15, -0.1) is 0 Å². The van der Waals surface area contributed by atoms with Crippen LogP contribution in [0.3, 0.4) is 0 Å². The molecule has 0 amide bonds. The van der Waals surface area contributed by atoms with Gasteiger partial charge < -0.3 is 5.32 Å². The van der Waals surface area contributed by atoms with E-state index < -0.39 is 22.7 Å². The van der Waals surface area contributed by atoms with Crippen molar-refractivity contribution in [3.63, 3.8) is 0 Å². The Hall–Kier alpha value is -1.12. The Morgan fingerprint density at radius 2 is 1.90 bits per heavy atom. The summed E-state index contributed by atoms with van der Waals surface area (Å²) < 4.78 is 61.2. The fourth-order valence-corrected chi connectivity index (χ4v) is 2.49. The molecule has 0 fully saturated rings. The van der Waals surface area contributed by atoms with Gasteiger partial charge in [-0.1, -0.05) is 26.0 Å². The summed E-state index contributed by atoms with van der Waals surface area (Å²) in [5, 5.41) is 3.10. The molecule has 0 atom stereocenters. The molecule has 0 aliphatic rings. The number of nitrogens with one attached hydrogen (secondary N) is 2. The Morgan fingerprint density at radius 1 is 1.25 bits per heavy atom. The second kappa shape index (κ2) is 6.55. The molecule has 0 aliphatic carbocycles. The molecule has 0 saturated carbocycles. The van der Waals surface area contributed by atoms with Crippen LogP contribution in [-0.4, -0.2) is 27.2 Å². The molecule has 1 aromatic carbocycles. The SMILES string of the molecule is CC(C)NCc1cccc(S(=O)(=O)NCC(F)(F)F)c1. The molecule has 1 aromatic rings. The Kier molecular flexibility index (Phi) is 5.55. The van der Waals surface area contributed by atoms with E-state index in [0.29, 0.717) is 12.1 Å². The molecule has 4 nitrogen and oxygen atoms in total. The van der Waals surface area contributed by atoms with Crippen LogP contribution in [0.2, 0.25) is 0 Å². The first-order valence-electron chi connectivity index (χ1n) is 5.99. The molecule has 0 radical (unpaired) electrons. The van der Waals surface area contributed by atoms with Crippen LogP contribution in [0, 0.1) is 0 Å². The van der Waals surface area contributed by atoms with Gasteiger partial charge in [-0.3, -0.25) is 0 Å². The molecule has 8 heteroatoms. The van der Waals surface area contributed by atoms with Crippen LogP contribution < -0.4 is 10.0 Å². The van der Waals surface area contributed by atoms with E-state index in [2.05, 4.69) is 5.32 Å². The fraction of sp³-hybridized carbons (Fsp3) is 0.500. The summed E-state index contributed by atoms with van der Waals surface area (Å²) in [6, 6.07) is 6.04. The third-order valence-corrected chi connectivity index (χ3v) is 3.78.